The molecule has 17 heavy (non-hydrogen) atoms. The molecular weight excluding hydrogens is 235 g/mol. The molecule has 0 fully saturated rings. The molecule has 1 rings (SSSR count). The van der Waals surface area contributed by atoms with Gasteiger partial charge >= 0.3 is 51.4 Å². The van der Waals surface area contributed by atoms with Crippen LogP contribution in [-0.4, -0.2) is 5.11 Å². The summed E-state index contributed by atoms with van der Waals surface area (Å²) >= 11 is 0. The minimum atomic E-state index is -0.0178. The fourth-order valence-electron chi connectivity index (χ4n) is 1.92. The van der Waals surface area contributed by atoms with Crippen molar-refractivity contribution in [2.45, 2.75) is 59.3 Å². The van der Waals surface area contributed by atoms with Gasteiger partial charge < -0.3 is 6.53 Å². The number of hydrogen-bond donors (Lipinski definition) is 1. The van der Waals surface area contributed by atoms with E-state index in [1.165, 1.54) is 5.56 Å². The molecule has 0 amide bonds. The van der Waals surface area contributed by atoms with Gasteiger partial charge in [0.05, 0.1) is 0 Å². The Hall–Kier alpha value is 0.656. The topological polar surface area (TPSA) is 20.2 Å². The first-order chi connectivity index (χ1) is 7.03. The standard InChI is InChI=1S/C15H24O.K.H/c1-10-8-11(14(2,3)4)13(16)12(9-10)15(5,6)7;;/h8-9,16H,1-7H3;;/q;+1;-1. The van der Waals surface area contributed by atoms with E-state index >= 15 is 0 Å². The van der Waals surface area contributed by atoms with Gasteiger partial charge in [0.15, 0.2) is 0 Å². The summed E-state index contributed by atoms with van der Waals surface area (Å²) in [6, 6.07) is 4.18. The van der Waals surface area contributed by atoms with E-state index < -0.39 is 0 Å². The fourth-order valence-corrected chi connectivity index (χ4v) is 1.92. The van der Waals surface area contributed by atoms with Crippen LogP contribution in [0.5, 0.6) is 5.75 Å². The number of rotatable bonds is 0. The third kappa shape index (κ3) is 4.36. The molecule has 1 N–H and O–H groups in total. The summed E-state index contributed by atoms with van der Waals surface area (Å²) < 4.78 is 0. The molecule has 0 radical (unpaired) electrons. The first-order valence-electron chi connectivity index (χ1n) is 5.88. The molecule has 1 aromatic rings. The van der Waals surface area contributed by atoms with E-state index in [1.807, 2.05) is 0 Å². The van der Waals surface area contributed by atoms with Gasteiger partial charge in [-0.15, -0.1) is 0 Å². The molecular formula is C15H25KO. The Morgan fingerprint density at radius 1 is 0.882 bits per heavy atom. The van der Waals surface area contributed by atoms with Gasteiger partial charge in [0, 0.05) is 0 Å². The number of aryl methyl sites for hydroxylation is 1. The van der Waals surface area contributed by atoms with E-state index in [2.05, 4.69) is 60.6 Å². The maximum absolute atomic E-state index is 10.4. The summed E-state index contributed by atoms with van der Waals surface area (Å²) in [5, 5.41) is 10.4. The third-order valence-electron chi connectivity index (χ3n) is 2.87. The Kier molecular flexibility index (Phi) is 5.97. The molecule has 0 saturated carbocycles. The van der Waals surface area contributed by atoms with Crippen LogP contribution in [0.3, 0.4) is 0 Å². The molecule has 1 nitrogen and oxygen atoms in total. The minimum absolute atomic E-state index is 0. The molecule has 0 aliphatic carbocycles. The van der Waals surface area contributed by atoms with Gasteiger partial charge in [0.1, 0.15) is 5.75 Å². The molecule has 1 aromatic carbocycles. The Balaban J connectivity index is 0. The van der Waals surface area contributed by atoms with Crippen LogP contribution in [0.4, 0.5) is 0 Å². The second kappa shape index (κ2) is 5.75. The molecule has 0 aliphatic heterocycles. The number of phenols is 1. The molecule has 0 aromatic heterocycles. The Morgan fingerprint density at radius 2 is 1.18 bits per heavy atom. The van der Waals surface area contributed by atoms with Crippen molar-refractivity contribution >= 4 is 0 Å². The van der Waals surface area contributed by atoms with Gasteiger partial charge in [0.25, 0.3) is 0 Å². The van der Waals surface area contributed by atoms with Gasteiger partial charge in [-0.1, -0.05) is 59.2 Å². The van der Waals surface area contributed by atoms with Crippen LogP contribution in [-0.2, 0) is 10.8 Å². The Morgan fingerprint density at radius 3 is 1.41 bits per heavy atom. The third-order valence-corrected chi connectivity index (χ3v) is 2.87. The van der Waals surface area contributed by atoms with Crippen molar-refractivity contribution < 1.29 is 57.9 Å². The number of benzene rings is 1. The second-order valence-corrected chi connectivity index (χ2v) is 6.71. The van der Waals surface area contributed by atoms with Crippen molar-refractivity contribution in [2.75, 3.05) is 0 Å². The van der Waals surface area contributed by atoms with E-state index in [0.717, 1.165) is 11.1 Å². The zero-order chi connectivity index (χ0) is 12.7. The summed E-state index contributed by atoms with van der Waals surface area (Å²) in [5.41, 5.74) is 3.26. The number of phenolic OH excluding ortho intramolecular Hbond substituents is 1. The SMILES string of the molecule is Cc1cc(C(C)(C)C)c(O)c(C(C)(C)C)c1.[H-].[K+]. The summed E-state index contributed by atoms with van der Waals surface area (Å²) in [7, 11) is 0. The minimum Gasteiger partial charge on any atom is -1.00 e. The Labute approximate surface area is 150 Å². The van der Waals surface area contributed by atoms with Crippen LogP contribution >= 0.6 is 0 Å². The molecule has 0 heterocycles. The van der Waals surface area contributed by atoms with Crippen LogP contribution < -0.4 is 51.4 Å². The zero-order valence-corrected chi connectivity index (χ0v) is 15.7. The molecule has 0 aliphatic rings. The van der Waals surface area contributed by atoms with Crippen LogP contribution in [0.25, 0.3) is 0 Å². The number of aromatic hydroxyl groups is 1. The van der Waals surface area contributed by atoms with E-state index in [1.54, 1.807) is 0 Å². The molecule has 92 valence electrons. The summed E-state index contributed by atoms with van der Waals surface area (Å²) in [5.74, 6) is 0.464. The van der Waals surface area contributed by atoms with E-state index in [-0.39, 0.29) is 63.6 Å². The normalized spacial score (nSPS) is 12.2. The predicted molar refractivity (Wildman–Crippen MR) is 71.4 cm³/mol. The van der Waals surface area contributed by atoms with Crippen molar-refractivity contribution in [3.8, 4) is 5.75 Å². The van der Waals surface area contributed by atoms with Crippen molar-refractivity contribution in [3.05, 3.63) is 28.8 Å². The van der Waals surface area contributed by atoms with Crippen molar-refractivity contribution in [3.63, 3.8) is 0 Å². The first kappa shape index (κ1) is 17.7. The second-order valence-electron chi connectivity index (χ2n) is 6.71. The molecule has 0 atom stereocenters. The molecule has 0 bridgehead atoms. The number of hydrogen-bond acceptors (Lipinski definition) is 1. The van der Waals surface area contributed by atoms with Crippen molar-refractivity contribution in [2.24, 2.45) is 0 Å². The van der Waals surface area contributed by atoms with Crippen molar-refractivity contribution in [1.29, 1.82) is 0 Å². The van der Waals surface area contributed by atoms with E-state index in [4.69, 9.17) is 0 Å². The average Bonchev–Trinajstić information content (AvgIpc) is 2.04. The molecule has 0 unspecified atom stereocenters. The zero-order valence-electron chi connectivity index (χ0n) is 13.6. The van der Waals surface area contributed by atoms with Gasteiger partial charge in [-0.3, -0.25) is 0 Å². The van der Waals surface area contributed by atoms with Gasteiger partial charge in [0.2, 0.25) is 0 Å². The molecule has 2 heteroatoms. The maximum Gasteiger partial charge on any atom is 1.00 e. The smallest absolute Gasteiger partial charge is 1.00 e. The summed E-state index contributed by atoms with van der Waals surface area (Å²) in [6.07, 6.45) is 0. The van der Waals surface area contributed by atoms with Crippen LogP contribution in [0.15, 0.2) is 12.1 Å². The summed E-state index contributed by atoms with van der Waals surface area (Å²) in [4.78, 5) is 0. The van der Waals surface area contributed by atoms with Gasteiger partial charge in [-0.2, -0.15) is 0 Å². The fraction of sp³-hybridized carbons (Fsp3) is 0.600. The predicted octanol–water partition coefficient (Wildman–Crippen LogP) is 1.41. The maximum atomic E-state index is 10.4. The molecule has 0 spiro atoms. The van der Waals surface area contributed by atoms with Gasteiger partial charge in [-0.05, 0) is 28.9 Å². The van der Waals surface area contributed by atoms with Crippen LogP contribution in [0, 0.1) is 6.92 Å². The quantitative estimate of drug-likeness (QED) is 0.700. The largest absolute Gasteiger partial charge is 1.00 e. The van der Waals surface area contributed by atoms with Crippen LogP contribution in [0.2, 0.25) is 0 Å². The monoisotopic (exact) mass is 260 g/mol. The first-order valence-corrected chi connectivity index (χ1v) is 5.88. The average molecular weight is 260 g/mol. The van der Waals surface area contributed by atoms with Gasteiger partial charge in [-0.25, -0.2) is 0 Å². The van der Waals surface area contributed by atoms with Crippen molar-refractivity contribution in [1.82, 2.24) is 0 Å². The van der Waals surface area contributed by atoms with Crippen LogP contribution in [0.1, 0.15) is 59.7 Å². The molecule has 0 saturated heterocycles. The Bertz CT molecular complexity index is 365. The van der Waals surface area contributed by atoms with E-state index in [9.17, 15) is 5.11 Å². The summed E-state index contributed by atoms with van der Waals surface area (Å²) in [6.45, 7) is 14.9. The van der Waals surface area contributed by atoms with E-state index in [0.29, 0.717) is 5.75 Å².